The Morgan fingerprint density at radius 3 is 2.71 bits per heavy atom. The summed E-state index contributed by atoms with van der Waals surface area (Å²) in [6.45, 7) is 0. The second kappa shape index (κ2) is 9.71. The number of aromatic amines is 1. The van der Waals surface area contributed by atoms with E-state index in [1.807, 2.05) is 66.2 Å². The molecule has 0 unspecified atom stereocenters. The quantitative estimate of drug-likeness (QED) is 0.230. The lowest BCUT2D eigenvalue weighted by Gasteiger charge is -2.04. The summed E-state index contributed by atoms with van der Waals surface area (Å²) in [5.41, 5.74) is 6.11. The van der Waals surface area contributed by atoms with Crippen molar-refractivity contribution in [1.29, 1.82) is 0 Å². The van der Waals surface area contributed by atoms with Gasteiger partial charge in [-0.3, -0.25) is 9.89 Å². The van der Waals surface area contributed by atoms with Crippen LogP contribution in [0.25, 0.3) is 22.6 Å². The maximum atomic E-state index is 12.2. The van der Waals surface area contributed by atoms with Crippen LogP contribution in [0.15, 0.2) is 75.5 Å². The van der Waals surface area contributed by atoms with E-state index in [0.29, 0.717) is 5.16 Å². The third-order valence-corrected chi connectivity index (χ3v) is 5.94. The molecule has 4 rings (SSSR count). The van der Waals surface area contributed by atoms with Crippen molar-refractivity contribution >= 4 is 39.8 Å². The molecule has 4 aromatic rings. The number of nitrogens with zero attached hydrogens (tertiary/aromatic N) is 5. The molecule has 2 aromatic carbocycles. The monoisotopic (exact) mass is 495 g/mol. The molecule has 2 heterocycles. The smallest absolute Gasteiger partial charge is 0.250 e. The highest BCUT2D eigenvalue weighted by Crippen LogP contribution is 2.24. The van der Waals surface area contributed by atoms with Gasteiger partial charge in [0.2, 0.25) is 0 Å². The van der Waals surface area contributed by atoms with Gasteiger partial charge in [0.15, 0.2) is 11.0 Å². The molecule has 0 fully saturated rings. The lowest BCUT2D eigenvalue weighted by atomic mass is 10.1. The Balaban J connectivity index is 1.34. The number of nitrogens with one attached hydrogen (secondary N) is 2. The van der Waals surface area contributed by atoms with E-state index in [4.69, 9.17) is 0 Å². The standard InChI is InChI=1S/C21H18BrN7OS/c1-29-20(15-7-9-17(22)10-8-15)27-28-21(29)31-13-18(30)25-23-11-16-12-24-26-19(16)14-5-3-2-4-6-14/h2-12H,13H2,1H3,(H,24,26)(H,25,30)/b23-11-. The van der Waals surface area contributed by atoms with Gasteiger partial charge in [0, 0.05) is 28.2 Å². The summed E-state index contributed by atoms with van der Waals surface area (Å²) >= 11 is 4.72. The van der Waals surface area contributed by atoms with E-state index >= 15 is 0 Å². The number of carbonyl (C=O) groups is 1. The SMILES string of the molecule is Cn1c(SCC(=O)N/N=C\c2cn[nH]c2-c2ccccc2)nnc1-c1ccc(Br)cc1. The number of rotatable bonds is 7. The number of benzene rings is 2. The van der Waals surface area contributed by atoms with Crippen molar-refractivity contribution < 1.29 is 4.79 Å². The molecular formula is C21H18BrN7OS. The Labute approximate surface area is 191 Å². The van der Waals surface area contributed by atoms with Gasteiger partial charge in [-0.15, -0.1) is 10.2 Å². The summed E-state index contributed by atoms with van der Waals surface area (Å²) in [6, 6.07) is 17.6. The molecule has 10 heteroatoms. The van der Waals surface area contributed by atoms with E-state index in [0.717, 1.165) is 32.7 Å². The summed E-state index contributed by atoms with van der Waals surface area (Å²) in [7, 11) is 1.87. The van der Waals surface area contributed by atoms with Gasteiger partial charge >= 0.3 is 0 Å². The molecule has 2 aromatic heterocycles. The minimum absolute atomic E-state index is 0.167. The summed E-state index contributed by atoms with van der Waals surface area (Å²) in [5, 5.41) is 20.1. The molecule has 31 heavy (non-hydrogen) atoms. The average Bonchev–Trinajstić information content (AvgIpc) is 3.40. The van der Waals surface area contributed by atoms with Crippen molar-refractivity contribution in [1.82, 2.24) is 30.4 Å². The normalized spacial score (nSPS) is 11.2. The van der Waals surface area contributed by atoms with Crippen LogP contribution in [0.1, 0.15) is 5.56 Å². The van der Waals surface area contributed by atoms with Gasteiger partial charge in [-0.05, 0) is 12.1 Å². The third kappa shape index (κ3) is 5.09. The Kier molecular flexibility index (Phi) is 6.58. The van der Waals surface area contributed by atoms with E-state index in [1.54, 1.807) is 12.4 Å². The fraction of sp³-hybridized carbons (Fsp3) is 0.0952. The highest BCUT2D eigenvalue weighted by Gasteiger charge is 2.13. The molecule has 0 aliphatic carbocycles. The molecule has 8 nitrogen and oxygen atoms in total. The average molecular weight is 496 g/mol. The second-order valence-electron chi connectivity index (χ2n) is 6.52. The van der Waals surface area contributed by atoms with E-state index in [2.05, 4.69) is 46.9 Å². The van der Waals surface area contributed by atoms with Crippen LogP contribution in [0.3, 0.4) is 0 Å². The van der Waals surface area contributed by atoms with Gasteiger partial charge in [-0.2, -0.15) is 10.2 Å². The number of carbonyl (C=O) groups excluding carboxylic acids is 1. The number of H-pyrrole nitrogens is 1. The molecule has 0 aliphatic rings. The molecule has 0 bridgehead atoms. The first-order valence-corrected chi connectivity index (χ1v) is 11.1. The van der Waals surface area contributed by atoms with Gasteiger partial charge in [-0.1, -0.05) is 70.2 Å². The van der Waals surface area contributed by atoms with Crippen LogP contribution in [-0.4, -0.2) is 42.8 Å². The number of halogens is 1. The van der Waals surface area contributed by atoms with E-state index in [9.17, 15) is 4.79 Å². The van der Waals surface area contributed by atoms with Crippen LogP contribution in [0.2, 0.25) is 0 Å². The molecule has 0 atom stereocenters. The number of hydrogen-bond acceptors (Lipinski definition) is 6. The Morgan fingerprint density at radius 1 is 1.16 bits per heavy atom. The number of hydrazone groups is 1. The summed E-state index contributed by atoms with van der Waals surface area (Å²) in [6.07, 6.45) is 3.23. The van der Waals surface area contributed by atoms with Crippen molar-refractivity contribution in [2.75, 3.05) is 5.75 Å². The van der Waals surface area contributed by atoms with Crippen molar-refractivity contribution in [3.63, 3.8) is 0 Å². The highest BCUT2D eigenvalue weighted by molar-refractivity contribution is 9.10. The van der Waals surface area contributed by atoms with Gasteiger partial charge in [-0.25, -0.2) is 5.43 Å². The van der Waals surface area contributed by atoms with E-state index in [1.165, 1.54) is 11.8 Å². The van der Waals surface area contributed by atoms with Crippen LogP contribution in [0.5, 0.6) is 0 Å². The molecule has 0 spiro atoms. The van der Waals surface area contributed by atoms with Crippen molar-refractivity contribution in [2.45, 2.75) is 5.16 Å². The maximum absolute atomic E-state index is 12.2. The molecule has 0 saturated carbocycles. The minimum atomic E-state index is -0.237. The van der Waals surface area contributed by atoms with Crippen LogP contribution in [0.4, 0.5) is 0 Å². The fourth-order valence-corrected chi connectivity index (χ4v) is 3.82. The highest BCUT2D eigenvalue weighted by atomic mass is 79.9. The third-order valence-electron chi connectivity index (χ3n) is 4.39. The summed E-state index contributed by atoms with van der Waals surface area (Å²) < 4.78 is 2.86. The van der Waals surface area contributed by atoms with Crippen molar-refractivity contribution in [3.05, 3.63) is 70.8 Å². The van der Waals surface area contributed by atoms with E-state index < -0.39 is 0 Å². The lowest BCUT2D eigenvalue weighted by Crippen LogP contribution is -2.19. The molecule has 156 valence electrons. The summed E-state index contributed by atoms with van der Waals surface area (Å²) in [5.74, 6) is 0.668. The van der Waals surface area contributed by atoms with Crippen LogP contribution < -0.4 is 5.43 Å². The Hall–Kier alpha value is -3.24. The zero-order chi connectivity index (χ0) is 21.6. The first-order chi connectivity index (χ1) is 15.1. The number of thioether (sulfide) groups is 1. The predicted molar refractivity (Wildman–Crippen MR) is 125 cm³/mol. The molecular weight excluding hydrogens is 478 g/mol. The molecule has 0 radical (unpaired) electrons. The predicted octanol–water partition coefficient (Wildman–Crippen LogP) is 3.88. The molecule has 0 aliphatic heterocycles. The fourth-order valence-electron chi connectivity index (χ4n) is 2.86. The molecule has 0 saturated heterocycles. The number of amides is 1. The second-order valence-corrected chi connectivity index (χ2v) is 8.38. The lowest BCUT2D eigenvalue weighted by molar-refractivity contribution is -0.118. The van der Waals surface area contributed by atoms with Crippen molar-refractivity contribution in [2.24, 2.45) is 12.1 Å². The van der Waals surface area contributed by atoms with Crippen LogP contribution in [-0.2, 0) is 11.8 Å². The van der Waals surface area contributed by atoms with Crippen LogP contribution in [0, 0.1) is 0 Å². The van der Waals surface area contributed by atoms with Gasteiger partial charge in [0.05, 0.1) is 23.9 Å². The zero-order valence-electron chi connectivity index (χ0n) is 16.5. The maximum Gasteiger partial charge on any atom is 0.250 e. The van der Waals surface area contributed by atoms with Gasteiger partial charge < -0.3 is 4.57 Å². The minimum Gasteiger partial charge on any atom is -0.305 e. The van der Waals surface area contributed by atoms with E-state index in [-0.39, 0.29) is 11.7 Å². The first-order valence-electron chi connectivity index (χ1n) is 9.30. The van der Waals surface area contributed by atoms with Crippen LogP contribution >= 0.6 is 27.7 Å². The van der Waals surface area contributed by atoms with Gasteiger partial charge in [0.1, 0.15) is 0 Å². The molecule has 1 amide bonds. The zero-order valence-corrected chi connectivity index (χ0v) is 18.9. The number of aromatic nitrogens is 5. The molecule has 2 N–H and O–H groups in total. The largest absolute Gasteiger partial charge is 0.305 e. The van der Waals surface area contributed by atoms with Crippen molar-refractivity contribution in [3.8, 4) is 22.6 Å². The first kappa shape index (κ1) is 21.0. The number of hydrogen-bond donors (Lipinski definition) is 2. The topological polar surface area (TPSA) is 101 Å². The Morgan fingerprint density at radius 2 is 1.94 bits per heavy atom. The summed E-state index contributed by atoms with van der Waals surface area (Å²) in [4.78, 5) is 12.2. The Bertz CT molecular complexity index is 1200. The van der Waals surface area contributed by atoms with Gasteiger partial charge in [0.25, 0.3) is 5.91 Å².